The molecule has 3 aromatic rings. The number of rotatable bonds is 9. The fourth-order valence-electron chi connectivity index (χ4n) is 3.75. The van der Waals surface area contributed by atoms with Crippen molar-refractivity contribution in [3.05, 3.63) is 71.2 Å². The van der Waals surface area contributed by atoms with Gasteiger partial charge in [0.25, 0.3) is 11.5 Å². The Balaban J connectivity index is 1.59. The van der Waals surface area contributed by atoms with Gasteiger partial charge in [0.15, 0.2) is 5.82 Å². The number of aromatic nitrogens is 4. The van der Waals surface area contributed by atoms with Crippen LogP contribution < -0.4 is 31.7 Å². The number of benzene rings is 1. The third-order valence-corrected chi connectivity index (χ3v) is 5.61. The Kier molecular flexibility index (Phi) is 7.91. The first-order valence-electron chi connectivity index (χ1n) is 11.9. The Morgan fingerprint density at radius 2 is 1.89 bits per heavy atom. The second kappa shape index (κ2) is 11.5. The molecule has 36 heavy (non-hydrogen) atoms. The topological polar surface area (TPSA) is 129 Å². The van der Waals surface area contributed by atoms with Gasteiger partial charge in [0.05, 0.1) is 6.04 Å². The van der Waals surface area contributed by atoms with Gasteiger partial charge in [-0.1, -0.05) is 6.08 Å². The van der Waals surface area contributed by atoms with Crippen molar-refractivity contribution in [3.8, 4) is 0 Å². The molecule has 1 aromatic carbocycles. The lowest BCUT2D eigenvalue weighted by Gasteiger charge is -2.29. The summed E-state index contributed by atoms with van der Waals surface area (Å²) in [5.41, 5.74) is 2.00. The fourth-order valence-corrected chi connectivity index (χ4v) is 3.75. The van der Waals surface area contributed by atoms with Crippen LogP contribution >= 0.6 is 0 Å². The molecule has 4 N–H and O–H groups in total. The number of piperazine rings is 1. The van der Waals surface area contributed by atoms with Crippen molar-refractivity contribution in [2.75, 3.05) is 48.3 Å². The van der Waals surface area contributed by atoms with Crippen molar-refractivity contribution in [1.82, 2.24) is 30.4 Å². The molecule has 1 saturated heterocycles. The van der Waals surface area contributed by atoms with E-state index in [-0.39, 0.29) is 28.9 Å². The van der Waals surface area contributed by atoms with Crippen LogP contribution in [-0.4, -0.2) is 58.4 Å². The number of anilines is 5. The van der Waals surface area contributed by atoms with Crippen LogP contribution in [0.3, 0.4) is 0 Å². The molecule has 0 atom stereocenters. The van der Waals surface area contributed by atoms with E-state index >= 15 is 0 Å². The molecular weight excluding hydrogens is 458 g/mol. The van der Waals surface area contributed by atoms with E-state index in [0.717, 1.165) is 37.6 Å². The van der Waals surface area contributed by atoms with E-state index in [4.69, 9.17) is 0 Å². The summed E-state index contributed by atoms with van der Waals surface area (Å²) in [6.07, 6.45) is 3.04. The largest absolute Gasteiger partial charge is 0.369 e. The molecule has 0 bridgehead atoms. The predicted octanol–water partition coefficient (Wildman–Crippen LogP) is 2.43. The van der Waals surface area contributed by atoms with Crippen molar-refractivity contribution in [3.63, 3.8) is 0 Å². The van der Waals surface area contributed by atoms with Gasteiger partial charge in [-0.25, -0.2) is 9.67 Å². The zero-order valence-electron chi connectivity index (χ0n) is 20.5. The summed E-state index contributed by atoms with van der Waals surface area (Å²) in [6.45, 7) is 11.5. The highest BCUT2D eigenvalue weighted by Crippen LogP contribution is 2.23. The van der Waals surface area contributed by atoms with E-state index in [9.17, 15) is 9.59 Å². The maximum Gasteiger partial charge on any atom is 0.267 e. The number of hydrogen-bond acceptors (Lipinski definition) is 9. The van der Waals surface area contributed by atoms with Crippen molar-refractivity contribution in [1.29, 1.82) is 0 Å². The molecular formula is C25H31N9O2. The quantitative estimate of drug-likeness (QED) is 0.335. The van der Waals surface area contributed by atoms with Gasteiger partial charge in [0.2, 0.25) is 5.95 Å². The fraction of sp³-hybridized carbons (Fsp3) is 0.320. The van der Waals surface area contributed by atoms with Crippen LogP contribution in [0.15, 0.2) is 60.0 Å². The van der Waals surface area contributed by atoms with E-state index in [1.807, 2.05) is 26.0 Å². The number of nitrogens with one attached hydrogen (secondary N) is 4. The average Bonchev–Trinajstić information content (AvgIpc) is 2.89. The van der Waals surface area contributed by atoms with E-state index in [1.165, 1.54) is 16.9 Å². The summed E-state index contributed by atoms with van der Waals surface area (Å²) in [6, 6.07) is 10.9. The number of nitrogens with zero attached hydrogens (tertiary/aromatic N) is 5. The Labute approximate surface area is 209 Å². The van der Waals surface area contributed by atoms with E-state index < -0.39 is 0 Å². The van der Waals surface area contributed by atoms with Gasteiger partial charge in [-0.3, -0.25) is 9.59 Å². The lowest BCUT2D eigenvalue weighted by Crippen LogP contribution is -2.43. The predicted molar refractivity (Wildman–Crippen MR) is 142 cm³/mol. The lowest BCUT2D eigenvalue weighted by atomic mass is 10.2. The minimum absolute atomic E-state index is 0.124. The second-order valence-corrected chi connectivity index (χ2v) is 8.58. The first-order valence-corrected chi connectivity index (χ1v) is 11.9. The van der Waals surface area contributed by atoms with Gasteiger partial charge < -0.3 is 26.2 Å². The molecule has 0 saturated carbocycles. The number of carbonyl (C=O) groups excluding carboxylic acids is 1. The van der Waals surface area contributed by atoms with Gasteiger partial charge >= 0.3 is 0 Å². The van der Waals surface area contributed by atoms with E-state index in [2.05, 4.69) is 59.9 Å². The van der Waals surface area contributed by atoms with Crippen LogP contribution in [-0.2, 0) is 0 Å². The molecule has 1 aliphatic heterocycles. The van der Waals surface area contributed by atoms with Crippen LogP contribution in [0, 0.1) is 0 Å². The highest BCUT2D eigenvalue weighted by Gasteiger charge is 2.17. The Bertz CT molecular complexity index is 1270. The van der Waals surface area contributed by atoms with Crippen molar-refractivity contribution in [2.24, 2.45) is 0 Å². The first kappa shape index (κ1) is 24.9. The summed E-state index contributed by atoms with van der Waals surface area (Å²) >= 11 is 0. The third kappa shape index (κ3) is 6.05. The summed E-state index contributed by atoms with van der Waals surface area (Å²) in [4.78, 5) is 36.0. The van der Waals surface area contributed by atoms with Gasteiger partial charge in [-0.05, 0) is 44.2 Å². The SMILES string of the molecule is C=CCNC(=O)c1cnc(Nc2ccc(N3CCNCC3)cc2)nc1Nc1ccc(=O)n(C(C)C)n1. The molecule has 1 aliphatic rings. The first-order chi connectivity index (χ1) is 17.4. The monoisotopic (exact) mass is 489 g/mol. The summed E-state index contributed by atoms with van der Waals surface area (Å²) in [5, 5.41) is 16.7. The lowest BCUT2D eigenvalue weighted by molar-refractivity contribution is 0.0958. The van der Waals surface area contributed by atoms with Crippen LogP contribution in [0.1, 0.15) is 30.2 Å². The average molecular weight is 490 g/mol. The second-order valence-electron chi connectivity index (χ2n) is 8.58. The van der Waals surface area contributed by atoms with Crippen LogP contribution in [0.4, 0.5) is 29.0 Å². The van der Waals surface area contributed by atoms with Crippen molar-refractivity contribution >= 4 is 34.9 Å². The highest BCUT2D eigenvalue weighted by molar-refractivity contribution is 5.99. The highest BCUT2D eigenvalue weighted by atomic mass is 16.1. The molecule has 1 fully saturated rings. The Hall–Kier alpha value is -4.25. The van der Waals surface area contributed by atoms with Crippen LogP contribution in [0.25, 0.3) is 0 Å². The molecule has 188 valence electrons. The molecule has 0 radical (unpaired) electrons. The van der Waals surface area contributed by atoms with Gasteiger partial charge in [0, 0.05) is 56.4 Å². The summed E-state index contributed by atoms with van der Waals surface area (Å²) in [7, 11) is 0. The molecule has 2 aromatic heterocycles. The Morgan fingerprint density at radius 1 is 1.14 bits per heavy atom. The number of hydrogen-bond donors (Lipinski definition) is 4. The van der Waals surface area contributed by atoms with Gasteiger partial charge in [0.1, 0.15) is 11.4 Å². The zero-order chi connectivity index (χ0) is 25.5. The van der Waals surface area contributed by atoms with E-state index in [1.54, 1.807) is 12.1 Å². The van der Waals surface area contributed by atoms with Crippen LogP contribution in [0.5, 0.6) is 0 Å². The minimum atomic E-state index is -0.360. The van der Waals surface area contributed by atoms with Gasteiger partial charge in [-0.15, -0.1) is 6.58 Å². The molecule has 3 heterocycles. The molecule has 11 nitrogen and oxygen atoms in total. The summed E-state index contributed by atoms with van der Waals surface area (Å²) in [5.74, 6) is 0.588. The normalized spacial score (nSPS) is 13.4. The molecule has 0 unspecified atom stereocenters. The number of carbonyl (C=O) groups is 1. The Morgan fingerprint density at radius 3 is 2.58 bits per heavy atom. The van der Waals surface area contributed by atoms with Crippen molar-refractivity contribution < 1.29 is 4.79 Å². The molecule has 1 amide bonds. The zero-order valence-corrected chi connectivity index (χ0v) is 20.5. The molecule has 0 aliphatic carbocycles. The number of amides is 1. The van der Waals surface area contributed by atoms with Crippen molar-refractivity contribution in [2.45, 2.75) is 19.9 Å². The molecule has 0 spiro atoms. The van der Waals surface area contributed by atoms with Gasteiger partial charge in [-0.2, -0.15) is 10.1 Å². The smallest absolute Gasteiger partial charge is 0.267 e. The standard InChI is InChI=1S/C25H31N9O2/c1-4-11-27-24(36)20-16-28-25(29-18-5-7-19(8-6-18)33-14-12-26-13-15-33)31-23(20)30-21-9-10-22(35)34(32-21)17(2)3/h4-10,16-17,26H,1,11-15H2,2-3H3,(H,27,36)(H2,28,29,30,31,32). The van der Waals surface area contributed by atoms with Crippen LogP contribution in [0.2, 0.25) is 0 Å². The molecule has 4 rings (SSSR count). The maximum absolute atomic E-state index is 12.7. The molecule has 11 heteroatoms. The van der Waals surface area contributed by atoms with E-state index in [0.29, 0.717) is 18.3 Å². The summed E-state index contributed by atoms with van der Waals surface area (Å²) < 4.78 is 1.36. The minimum Gasteiger partial charge on any atom is -0.369 e. The maximum atomic E-state index is 12.7. The third-order valence-electron chi connectivity index (χ3n) is 5.61.